The van der Waals surface area contributed by atoms with E-state index in [2.05, 4.69) is 35.6 Å². The summed E-state index contributed by atoms with van der Waals surface area (Å²) in [6, 6.07) is 30.5. The number of ether oxygens (including phenoxy) is 2. The molecule has 45 heavy (non-hydrogen) atoms. The molecule has 1 heterocycles. The molecule has 0 saturated heterocycles. The lowest BCUT2D eigenvalue weighted by molar-refractivity contribution is -0.129. The molecular weight excluding hydrogens is 629 g/mol. The first-order chi connectivity index (χ1) is 21.9. The summed E-state index contributed by atoms with van der Waals surface area (Å²) in [7, 11) is 0. The number of aliphatic hydroxyl groups is 1. The van der Waals surface area contributed by atoms with Crippen LogP contribution in [0.25, 0.3) is 0 Å². The highest BCUT2D eigenvalue weighted by atomic mass is 35.5. The molecule has 3 N–H and O–H groups in total. The van der Waals surface area contributed by atoms with E-state index in [1.807, 2.05) is 48.5 Å². The van der Waals surface area contributed by atoms with Gasteiger partial charge in [0.2, 0.25) is 5.90 Å². The fourth-order valence-corrected chi connectivity index (χ4v) is 6.39. The summed E-state index contributed by atoms with van der Waals surface area (Å²) in [4.78, 5) is 21.2. The highest BCUT2D eigenvalue weighted by Crippen LogP contribution is 2.45. The third-order valence-corrected chi connectivity index (χ3v) is 8.84. The van der Waals surface area contributed by atoms with Crippen molar-refractivity contribution in [3.05, 3.63) is 136 Å². The third-order valence-electron chi connectivity index (χ3n) is 7.15. The van der Waals surface area contributed by atoms with Crippen LogP contribution in [-0.4, -0.2) is 35.7 Å². The van der Waals surface area contributed by atoms with Crippen molar-refractivity contribution in [3.8, 4) is 5.75 Å². The average Bonchev–Trinajstić information content (AvgIpc) is 3.43. The summed E-state index contributed by atoms with van der Waals surface area (Å²) in [5, 5.41) is 9.85. The van der Waals surface area contributed by atoms with Crippen LogP contribution < -0.4 is 15.6 Å². The van der Waals surface area contributed by atoms with Gasteiger partial charge in [0.15, 0.2) is 11.6 Å². The Balaban J connectivity index is 1.40. The molecule has 0 radical (unpaired) electrons. The largest absolute Gasteiger partial charge is 0.494 e. The van der Waals surface area contributed by atoms with E-state index in [1.165, 1.54) is 0 Å². The minimum atomic E-state index is -1.42. The van der Waals surface area contributed by atoms with Crippen LogP contribution in [0, 0.1) is 0 Å². The predicted octanol–water partition coefficient (Wildman–Crippen LogP) is 7.56. The fraction of sp³-hybridized carbons (Fsp3) is 0.200. The second-order valence-corrected chi connectivity index (χ2v) is 12.2. The first kappa shape index (κ1) is 32.6. The maximum atomic E-state index is 14.1. The summed E-state index contributed by atoms with van der Waals surface area (Å²) >= 11 is 14.5. The zero-order valence-electron chi connectivity index (χ0n) is 24.4. The molecule has 10 heteroatoms. The highest BCUT2D eigenvalue weighted by Gasteiger charge is 2.53. The van der Waals surface area contributed by atoms with Gasteiger partial charge in [0.05, 0.1) is 6.61 Å². The van der Waals surface area contributed by atoms with Crippen LogP contribution in [0.4, 0.5) is 0 Å². The average molecular weight is 663 g/mol. The molecule has 0 unspecified atom stereocenters. The van der Waals surface area contributed by atoms with E-state index in [-0.39, 0.29) is 18.9 Å². The summed E-state index contributed by atoms with van der Waals surface area (Å²) in [6.07, 6.45) is 1.50. The van der Waals surface area contributed by atoms with Crippen molar-refractivity contribution in [2.75, 3.05) is 13.2 Å². The Bertz CT molecular complexity index is 1650. The molecule has 0 spiro atoms. The summed E-state index contributed by atoms with van der Waals surface area (Å²) < 4.78 is 12.1. The highest BCUT2D eigenvalue weighted by molar-refractivity contribution is 7.99. The zero-order valence-corrected chi connectivity index (χ0v) is 26.7. The van der Waals surface area contributed by atoms with Gasteiger partial charge in [-0.15, -0.1) is 6.58 Å². The lowest BCUT2D eigenvalue weighted by atomic mass is 9.84. The van der Waals surface area contributed by atoms with Gasteiger partial charge in [0.1, 0.15) is 5.75 Å². The molecule has 0 aromatic heterocycles. The van der Waals surface area contributed by atoms with Crippen molar-refractivity contribution in [1.82, 2.24) is 10.9 Å². The molecule has 1 aliphatic rings. The Kier molecular flexibility index (Phi) is 11.2. The van der Waals surface area contributed by atoms with Crippen molar-refractivity contribution >= 4 is 46.8 Å². The van der Waals surface area contributed by atoms with Gasteiger partial charge in [0.25, 0.3) is 5.91 Å². The Labute approximate surface area is 277 Å². The zero-order chi connectivity index (χ0) is 31.6. The van der Waals surface area contributed by atoms with Crippen LogP contribution in [0.1, 0.15) is 35.6 Å². The molecule has 0 saturated carbocycles. The van der Waals surface area contributed by atoms with Crippen LogP contribution in [0.2, 0.25) is 10.0 Å². The number of aliphatic imine (C=N–C) groups is 1. The standard InChI is InChI=1S/C35H33Cl2N3O4S/c1-2-19-35(34(42)40-38-23-25-9-6-7-12-31(25)45-28-10-4-3-5-11-28)32(29-18-15-26(36)22-30(29)37)44-33(39-35)24-13-16-27(17-14-24)43-21-8-20-41/h2-7,9-18,22,32,38,41H,1,8,19-21,23H2,(H,40,42)/t32-,35-/m0/s1. The number of carbonyl (C=O) groups is 1. The molecule has 1 amide bonds. The van der Waals surface area contributed by atoms with E-state index in [0.717, 1.165) is 15.4 Å². The molecule has 7 nitrogen and oxygen atoms in total. The number of hydrogen-bond acceptors (Lipinski definition) is 7. The number of nitrogens with zero attached hydrogens (tertiary/aromatic N) is 1. The number of amides is 1. The van der Waals surface area contributed by atoms with E-state index >= 15 is 0 Å². The number of benzene rings is 4. The van der Waals surface area contributed by atoms with Crippen LogP contribution in [0.5, 0.6) is 5.75 Å². The second-order valence-electron chi connectivity index (χ2n) is 10.3. The molecule has 5 rings (SSSR count). The number of aliphatic hydroxyl groups excluding tert-OH is 1. The number of rotatable bonds is 14. The van der Waals surface area contributed by atoms with E-state index < -0.39 is 17.6 Å². The maximum absolute atomic E-state index is 14.1. The van der Waals surface area contributed by atoms with Crippen molar-refractivity contribution in [3.63, 3.8) is 0 Å². The van der Waals surface area contributed by atoms with Gasteiger partial charge >= 0.3 is 0 Å². The molecule has 4 aromatic carbocycles. The Morgan fingerprint density at radius 1 is 1.04 bits per heavy atom. The van der Waals surface area contributed by atoms with E-state index in [0.29, 0.717) is 46.5 Å². The number of carbonyl (C=O) groups excluding carboxylic acids is 1. The topological polar surface area (TPSA) is 92.2 Å². The Morgan fingerprint density at radius 3 is 2.53 bits per heavy atom. The van der Waals surface area contributed by atoms with Crippen molar-refractivity contribution in [2.24, 2.45) is 4.99 Å². The number of nitrogens with one attached hydrogen (secondary N) is 2. The number of hydrogen-bond donors (Lipinski definition) is 3. The minimum absolute atomic E-state index is 0.0544. The fourth-order valence-electron chi connectivity index (χ4n) is 4.92. The molecule has 4 aromatic rings. The van der Waals surface area contributed by atoms with Crippen LogP contribution in [0.15, 0.2) is 125 Å². The van der Waals surface area contributed by atoms with Gasteiger partial charge in [0, 0.05) is 57.0 Å². The van der Waals surface area contributed by atoms with Gasteiger partial charge in [-0.3, -0.25) is 10.2 Å². The molecule has 232 valence electrons. The second kappa shape index (κ2) is 15.5. The number of halogens is 2. The third kappa shape index (κ3) is 7.90. The predicted molar refractivity (Wildman–Crippen MR) is 180 cm³/mol. The minimum Gasteiger partial charge on any atom is -0.494 e. The van der Waals surface area contributed by atoms with Gasteiger partial charge in [-0.25, -0.2) is 10.4 Å². The molecule has 1 aliphatic heterocycles. The quantitative estimate of drug-likeness (QED) is 0.0734. The van der Waals surface area contributed by atoms with Gasteiger partial charge in [-0.2, -0.15) is 0 Å². The van der Waals surface area contributed by atoms with Gasteiger partial charge in [-0.05, 0) is 60.2 Å². The molecule has 2 atom stereocenters. The van der Waals surface area contributed by atoms with Crippen LogP contribution >= 0.6 is 35.0 Å². The van der Waals surface area contributed by atoms with E-state index in [1.54, 1.807) is 48.2 Å². The summed E-state index contributed by atoms with van der Waals surface area (Å²) in [5.41, 5.74) is 6.84. The lowest BCUT2D eigenvalue weighted by Crippen LogP contribution is -2.52. The van der Waals surface area contributed by atoms with Crippen LogP contribution in [0.3, 0.4) is 0 Å². The van der Waals surface area contributed by atoms with Crippen molar-refractivity contribution in [2.45, 2.75) is 40.8 Å². The Morgan fingerprint density at radius 2 is 1.80 bits per heavy atom. The van der Waals surface area contributed by atoms with Crippen molar-refractivity contribution in [1.29, 1.82) is 0 Å². The first-order valence-electron chi connectivity index (χ1n) is 14.4. The van der Waals surface area contributed by atoms with Crippen molar-refractivity contribution < 1.29 is 19.4 Å². The maximum Gasteiger partial charge on any atom is 0.266 e. The lowest BCUT2D eigenvalue weighted by Gasteiger charge is -2.30. The summed E-state index contributed by atoms with van der Waals surface area (Å²) in [5.74, 6) is 0.535. The van der Waals surface area contributed by atoms with Crippen LogP contribution in [-0.2, 0) is 16.1 Å². The Hall–Kier alpha value is -3.79. The molecule has 0 fully saturated rings. The first-order valence-corrected chi connectivity index (χ1v) is 16.0. The van der Waals surface area contributed by atoms with E-state index in [4.69, 9.17) is 42.8 Å². The molecule has 0 bridgehead atoms. The van der Waals surface area contributed by atoms with Gasteiger partial charge < -0.3 is 14.6 Å². The number of hydrazine groups is 1. The molecular formula is C35H33Cl2N3O4S. The monoisotopic (exact) mass is 661 g/mol. The normalized spacial score (nSPS) is 17.3. The summed E-state index contributed by atoms with van der Waals surface area (Å²) in [6.45, 7) is 4.76. The van der Waals surface area contributed by atoms with Gasteiger partial charge in [-0.1, -0.05) is 83.5 Å². The molecule has 0 aliphatic carbocycles. The smallest absolute Gasteiger partial charge is 0.266 e. The SMILES string of the molecule is C=CC[C@]1(C(=O)NNCc2ccccc2Sc2ccccc2)N=C(c2ccc(OCCCO)cc2)O[C@H]1c1ccc(Cl)cc1Cl. The van der Waals surface area contributed by atoms with E-state index in [9.17, 15) is 4.79 Å².